The molecule has 166 valence electrons. The predicted octanol–water partition coefficient (Wildman–Crippen LogP) is 7.51. The van der Waals surface area contributed by atoms with Crippen molar-refractivity contribution in [2.24, 2.45) is 0 Å². The number of hydrogen-bond acceptors (Lipinski definition) is 2. The molecule has 2 nitrogen and oxygen atoms in total. The van der Waals surface area contributed by atoms with Crippen molar-refractivity contribution in [1.29, 1.82) is 0 Å². The summed E-state index contributed by atoms with van der Waals surface area (Å²) < 4.78 is 80.0. The van der Waals surface area contributed by atoms with E-state index in [9.17, 15) is 26.3 Å². The Morgan fingerprint density at radius 3 is 1.93 bits per heavy atom. The minimum Gasteiger partial charge on any atom is -0.367 e. The number of nitrogens with zero attached hydrogens (tertiary/aromatic N) is 1. The molecule has 2 rings (SSSR count). The summed E-state index contributed by atoms with van der Waals surface area (Å²) in [4.78, 5) is 4.57. The maximum Gasteiger partial charge on any atom is 0.417 e. The van der Waals surface area contributed by atoms with E-state index in [0.717, 1.165) is 24.5 Å². The van der Waals surface area contributed by atoms with Crippen molar-refractivity contribution in [1.82, 2.24) is 4.98 Å². The lowest BCUT2D eigenvalue weighted by atomic mass is 9.93. The van der Waals surface area contributed by atoms with Crippen molar-refractivity contribution >= 4 is 5.82 Å². The molecule has 1 N–H and O–H groups in total. The minimum absolute atomic E-state index is 0.176. The van der Waals surface area contributed by atoms with Gasteiger partial charge in [0.1, 0.15) is 5.82 Å². The number of rotatable bonds is 7. The number of hydrogen-bond donors (Lipinski definition) is 1. The van der Waals surface area contributed by atoms with Crippen LogP contribution in [0, 0.1) is 0 Å². The number of benzene rings is 1. The lowest BCUT2D eigenvalue weighted by Gasteiger charge is -2.22. The predicted molar refractivity (Wildman–Crippen MR) is 106 cm³/mol. The highest BCUT2D eigenvalue weighted by Gasteiger charge is 2.38. The van der Waals surface area contributed by atoms with Crippen LogP contribution in [0.3, 0.4) is 0 Å². The molecule has 0 radical (unpaired) electrons. The van der Waals surface area contributed by atoms with Crippen LogP contribution >= 0.6 is 0 Å². The average molecular weight is 432 g/mol. The summed E-state index contributed by atoms with van der Waals surface area (Å²) in [6, 6.07) is 3.56. The van der Waals surface area contributed by atoms with Crippen molar-refractivity contribution < 1.29 is 26.3 Å². The Morgan fingerprint density at radius 2 is 1.47 bits per heavy atom. The van der Waals surface area contributed by atoms with E-state index >= 15 is 0 Å². The first-order valence-corrected chi connectivity index (χ1v) is 10.0. The third-order valence-corrected chi connectivity index (χ3v) is 5.17. The fourth-order valence-corrected chi connectivity index (χ4v) is 3.37. The summed E-state index contributed by atoms with van der Waals surface area (Å²) in [5, 5.41) is 3.34. The lowest BCUT2D eigenvalue weighted by molar-refractivity contribution is -0.142. The summed E-state index contributed by atoms with van der Waals surface area (Å²) in [5.74, 6) is 0.618. The Labute approximate surface area is 172 Å². The highest BCUT2D eigenvalue weighted by atomic mass is 19.4. The van der Waals surface area contributed by atoms with E-state index in [2.05, 4.69) is 10.3 Å². The molecule has 1 heterocycles. The first kappa shape index (κ1) is 24.0. The van der Waals surface area contributed by atoms with E-state index in [1.807, 2.05) is 20.8 Å². The van der Waals surface area contributed by atoms with Gasteiger partial charge in [0.25, 0.3) is 0 Å². The molecule has 0 atom stereocenters. The van der Waals surface area contributed by atoms with E-state index in [0.29, 0.717) is 30.4 Å². The van der Waals surface area contributed by atoms with Crippen molar-refractivity contribution in [2.45, 2.75) is 71.8 Å². The van der Waals surface area contributed by atoms with Crippen LogP contribution in [0.5, 0.6) is 0 Å². The maximum atomic E-state index is 13.7. The molecule has 0 saturated carbocycles. The van der Waals surface area contributed by atoms with Crippen molar-refractivity contribution in [3.05, 3.63) is 46.6 Å². The molecule has 0 amide bonds. The largest absolute Gasteiger partial charge is 0.417 e. The van der Waals surface area contributed by atoms with Crippen molar-refractivity contribution in [2.75, 3.05) is 5.32 Å². The van der Waals surface area contributed by atoms with Gasteiger partial charge >= 0.3 is 12.4 Å². The van der Waals surface area contributed by atoms with E-state index in [1.54, 1.807) is 13.0 Å². The van der Waals surface area contributed by atoms with Crippen LogP contribution in [0.1, 0.15) is 62.9 Å². The van der Waals surface area contributed by atoms with Gasteiger partial charge in [0.15, 0.2) is 0 Å². The van der Waals surface area contributed by atoms with Gasteiger partial charge in [-0.2, -0.15) is 26.3 Å². The number of aryl methyl sites for hydroxylation is 2. The van der Waals surface area contributed by atoms with Crippen LogP contribution in [0.25, 0.3) is 11.1 Å². The molecule has 0 fully saturated rings. The Hall–Kier alpha value is -2.25. The molecule has 30 heavy (non-hydrogen) atoms. The van der Waals surface area contributed by atoms with E-state index in [4.69, 9.17) is 0 Å². The van der Waals surface area contributed by atoms with Crippen molar-refractivity contribution in [3.63, 3.8) is 0 Å². The molecule has 0 aliphatic rings. The fraction of sp³-hybridized carbons (Fsp3) is 0.500. The van der Waals surface area contributed by atoms with Crippen molar-refractivity contribution in [3.8, 4) is 11.1 Å². The van der Waals surface area contributed by atoms with Gasteiger partial charge in [0.2, 0.25) is 0 Å². The first-order valence-electron chi connectivity index (χ1n) is 10.0. The summed E-state index contributed by atoms with van der Waals surface area (Å²) in [6.07, 6.45) is -7.20. The van der Waals surface area contributed by atoms with Crippen LogP contribution in [0.2, 0.25) is 0 Å². The zero-order valence-electron chi connectivity index (χ0n) is 17.4. The lowest BCUT2D eigenvalue weighted by Crippen LogP contribution is -2.20. The first-order chi connectivity index (χ1) is 14.0. The summed E-state index contributed by atoms with van der Waals surface area (Å²) >= 11 is 0. The van der Waals surface area contributed by atoms with Crippen LogP contribution in [0.15, 0.2) is 24.3 Å². The molecule has 2 aromatic rings. The molecule has 8 heteroatoms. The van der Waals surface area contributed by atoms with Gasteiger partial charge in [0, 0.05) is 11.6 Å². The minimum atomic E-state index is -4.93. The summed E-state index contributed by atoms with van der Waals surface area (Å²) in [5.41, 5.74) is -1.58. The Balaban J connectivity index is 2.71. The number of anilines is 1. The number of alkyl halides is 6. The molecule has 1 aromatic carbocycles. The standard InChI is InChI=1S/C22H26F6N2/c1-5-13-11-17(19(8-4)30-20(13)29-15(6-2)7-3)16-10-9-14(21(23,24)25)12-18(16)22(26,27)28/h9-12,15H,5-8H2,1-4H3,(H,29,30). The smallest absolute Gasteiger partial charge is 0.367 e. The molecular weight excluding hydrogens is 406 g/mol. The zero-order chi connectivity index (χ0) is 22.7. The monoisotopic (exact) mass is 432 g/mol. The Kier molecular flexibility index (Phi) is 7.42. The molecule has 0 unspecified atom stereocenters. The second kappa shape index (κ2) is 9.27. The van der Waals surface area contributed by atoms with Gasteiger partial charge in [-0.1, -0.05) is 33.8 Å². The van der Waals surface area contributed by atoms with Crippen LogP contribution in [-0.4, -0.2) is 11.0 Å². The topological polar surface area (TPSA) is 24.9 Å². The summed E-state index contributed by atoms with van der Waals surface area (Å²) in [7, 11) is 0. The quantitative estimate of drug-likeness (QED) is 0.458. The third-order valence-electron chi connectivity index (χ3n) is 5.17. The number of aromatic nitrogens is 1. The molecule has 0 aliphatic carbocycles. The van der Waals surface area contributed by atoms with Crippen LogP contribution in [0.4, 0.5) is 32.2 Å². The SMILES string of the molecule is CCc1cc(-c2ccc(C(F)(F)F)cc2C(F)(F)F)c(CC)nc1NC(CC)CC. The average Bonchev–Trinajstić information content (AvgIpc) is 2.69. The maximum absolute atomic E-state index is 13.7. The van der Waals surface area contributed by atoms with Crippen LogP contribution < -0.4 is 5.32 Å². The van der Waals surface area contributed by atoms with Crippen LogP contribution in [-0.2, 0) is 25.2 Å². The molecular formula is C22H26F6N2. The molecule has 0 bridgehead atoms. The van der Waals surface area contributed by atoms with Gasteiger partial charge < -0.3 is 5.32 Å². The highest BCUT2D eigenvalue weighted by molar-refractivity contribution is 5.73. The third kappa shape index (κ3) is 5.26. The highest BCUT2D eigenvalue weighted by Crippen LogP contribution is 2.42. The Bertz CT molecular complexity index is 867. The van der Waals surface area contributed by atoms with Gasteiger partial charge in [0.05, 0.1) is 16.8 Å². The van der Waals surface area contributed by atoms with E-state index in [-0.39, 0.29) is 23.2 Å². The number of pyridine rings is 1. The van der Waals surface area contributed by atoms with Gasteiger partial charge in [-0.3, -0.25) is 0 Å². The normalized spacial score (nSPS) is 12.5. The molecule has 1 aromatic heterocycles. The van der Waals surface area contributed by atoms with Gasteiger partial charge in [-0.05, 0) is 55.0 Å². The number of halogens is 6. The summed E-state index contributed by atoms with van der Waals surface area (Å²) in [6.45, 7) is 7.68. The van der Waals surface area contributed by atoms with Gasteiger partial charge in [-0.15, -0.1) is 0 Å². The van der Waals surface area contributed by atoms with Gasteiger partial charge in [-0.25, -0.2) is 4.98 Å². The second-order valence-corrected chi connectivity index (χ2v) is 7.11. The van der Waals surface area contributed by atoms with E-state index in [1.165, 1.54) is 0 Å². The molecule has 0 aliphatic heterocycles. The fourth-order valence-electron chi connectivity index (χ4n) is 3.37. The second-order valence-electron chi connectivity index (χ2n) is 7.11. The molecule has 0 spiro atoms. The Morgan fingerprint density at radius 1 is 0.833 bits per heavy atom. The number of nitrogens with one attached hydrogen (secondary N) is 1. The zero-order valence-corrected chi connectivity index (χ0v) is 17.4. The van der Waals surface area contributed by atoms with E-state index < -0.39 is 23.5 Å². The molecule has 0 saturated heterocycles.